The number of H-pyrrole nitrogens is 1. The summed E-state index contributed by atoms with van der Waals surface area (Å²) in [5, 5.41) is 8.19. The van der Waals surface area contributed by atoms with Crippen LogP contribution in [0.2, 0.25) is 5.02 Å². The van der Waals surface area contributed by atoms with Crippen LogP contribution in [-0.4, -0.2) is 34.7 Å². The molecule has 1 atom stereocenters. The molecule has 1 unspecified atom stereocenters. The number of aromatic amines is 1. The summed E-state index contributed by atoms with van der Waals surface area (Å²) in [4.78, 5) is 15.4. The average Bonchev–Trinajstić information content (AvgIpc) is 3.41. The maximum absolute atomic E-state index is 13.6. The molecule has 3 aromatic carbocycles. The Bertz CT molecular complexity index is 1320. The van der Waals surface area contributed by atoms with E-state index < -0.39 is 0 Å². The molecule has 0 bridgehead atoms. The van der Waals surface area contributed by atoms with Gasteiger partial charge in [0, 0.05) is 22.7 Å². The monoisotopic (exact) mass is 473 g/mol. The minimum absolute atomic E-state index is 0.0996. The molecular formula is C27H24ClN3O3. The normalized spacial score (nSPS) is 14.9. The predicted molar refractivity (Wildman–Crippen MR) is 131 cm³/mol. The number of rotatable bonds is 7. The zero-order chi connectivity index (χ0) is 23.7. The van der Waals surface area contributed by atoms with E-state index in [-0.39, 0.29) is 11.9 Å². The summed E-state index contributed by atoms with van der Waals surface area (Å²) in [6.07, 6.45) is 0. The smallest absolute Gasteiger partial charge is 0.273 e. The van der Waals surface area contributed by atoms with Gasteiger partial charge in [-0.2, -0.15) is 5.10 Å². The first-order valence-electron chi connectivity index (χ1n) is 11.1. The number of methoxy groups -OCH3 is 1. The van der Waals surface area contributed by atoms with Gasteiger partial charge in [0.1, 0.15) is 5.69 Å². The Kier molecular flexibility index (Phi) is 5.99. The van der Waals surface area contributed by atoms with Gasteiger partial charge in [-0.3, -0.25) is 9.89 Å². The number of halogens is 1. The average molecular weight is 474 g/mol. The fourth-order valence-electron chi connectivity index (χ4n) is 4.44. The van der Waals surface area contributed by atoms with Gasteiger partial charge < -0.3 is 14.4 Å². The maximum atomic E-state index is 13.6. The number of ether oxygens (including phenoxy) is 2. The maximum Gasteiger partial charge on any atom is 0.273 e. The summed E-state index contributed by atoms with van der Waals surface area (Å²) in [6.45, 7) is 2.89. The third-order valence-corrected chi connectivity index (χ3v) is 6.23. The van der Waals surface area contributed by atoms with E-state index in [4.69, 9.17) is 21.1 Å². The van der Waals surface area contributed by atoms with Crippen LogP contribution in [-0.2, 0) is 6.54 Å². The number of carbonyl (C=O) groups is 1. The molecule has 1 amide bonds. The lowest BCUT2D eigenvalue weighted by molar-refractivity contribution is 0.0730. The fraction of sp³-hybridized carbons (Fsp3) is 0.185. The van der Waals surface area contributed by atoms with Gasteiger partial charge in [0.05, 0.1) is 25.5 Å². The van der Waals surface area contributed by atoms with E-state index in [0.29, 0.717) is 35.4 Å². The molecule has 7 heteroatoms. The van der Waals surface area contributed by atoms with Crippen LogP contribution in [0.15, 0.2) is 72.8 Å². The van der Waals surface area contributed by atoms with Crippen LogP contribution in [0.4, 0.5) is 0 Å². The molecule has 172 valence electrons. The summed E-state index contributed by atoms with van der Waals surface area (Å²) < 4.78 is 11.3. The Balaban J connectivity index is 1.64. The second kappa shape index (κ2) is 9.23. The van der Waals surface area contributed by atoms with Crippen molar-refractivity contribution in [3.8, 4) is 22.8 Å². The Labute approximate surface area is 203 Å². The molecule has 34 heavy (non-hydrogen) atoms. The SMILES string of the molecule is CCOc1ccc(C2c3c(-c4ccccc4)n[nH]c3C(=O)N2Cc2ccc(Cl)cc2)cc1OC. The van der Waals surface area contributed by atoms with Crippen LogP contribution in [0.3, 0.4) is 0 Å². The highest BCUT2D eigenvalue weighted by Gasteiger charge is 2.42. The van der Waals surface area contributed by atoms with Crippen molar-refractivity contribution < 1.29 is 14.3 Å². The Morgan fingerprint density at radius 1 is 1.03 bits per heavy atom. The van der Waals surface area contributed by atoms with Crippen LogP contribution < -0.4 is 9.47 Å². The highest BCUT2D eigenvalue weighted by molar-refractivity contribution is 6.30. The standard InChI is InChI=1S/C27H24ClN3O3/c1-3-34-21-14-11-19(15-22(21)33-2)26-23-24(18-7-5-4-6-8-18)29-30-25(23)27(32)31(26)16-17-9-12-20(28)13-10-17/h4-15,26H,3,16H2,1-2H3,(H,29,30). The highest BCUT2D eigenvalue weighted by atomic mass is 35.5. The molecule has 1 aliphatic rings. The first kappa shape index (κ1) is 22.0. The van der Waals surface area contributed by atoms with Gasteiger partial charge in [-0.1, -0.05) is 60.1 Å². The highest BCUT2D eigenvalue weighted by Crippen LogP contribution is 2.45. The third-order valence-electron chi connectivity index (χ3n) is 5.98. The molecule has 0 saturated carbocycles. The van der Waals surface area contributed by atoms with Crippen molar-refractivity contribution in [1.29, 1.82) is 0 Å². The van der Waals surface area contributed by atoms with E-state index in [2.05, 4.69) is 10.2 Å². The number of amides is 1. The fourth-order valence-corrected chi connectivity index (χ4v) is 4.56. The zero-order valence-corrected chi connectivity index (χ0v) is 19.7. The molecule has 6 nitrogen and oxygen atoms in total. The number of fused-ring (bicyclic) bond motifs is 1. The Hall–Kier alpha value is -3.77. The topological polar surface area (TPSA) is 67.5 Å². The first-order valence-corrected chi connectivity index (χ1v) is 11.5. The van der Waals surface area contributed by atoms with Gasteiger partial charge >= 0.3 is 0 Å². The van der Waals surface area contributed by atoms with Crippen molar-refractivity contribution >= 4 is 17.5 Å². The lowest BCUT2D eigenvalue weighted by Gasteiger charge is -2.27. The first-order chi connectivity index (χ1) is 16.6. The summed E-state index contributed by atoms with van der Waals surface area (Å²) in [5.41, 5.74) is 4.98. The number of hydrogen-bond acceptors (Lipinski definition) is 4. The summed E-state index contributed by atoms with van der Waals surface area (Å²) in [5.74, 6) is 1.19. The van der Waals surface area contributed by atoms with E-state index in [1.54, 1.807) is 7.11 Å². The summed E-state index contributed by atoms with van der Waals surface area (Å²) >= 11 is 6.08. The van der Waals surface area contributed by atoms with Crippen molar-refractivity contribution in [3.63, 3.8) is 0 Å². The van der Waals surface area contributed by atoms with Crippen LogP contribution >= 0.6 is 11.6 Å². The van der Waals surface area contributed by atoms with Gasteiger partial charge in [-0.25, -0.2) is 0 Å². The zero-order valence-electron chi connectivity index (χ0n) is 18.9. The van der Waals surface area contributed by atoms with E-state index in [0.717, 1.165) is 27.9 Å². The molecule has 0 spiro atoms. The second-order valence-corrected chi connectivity index (χ2v) is 8.47. The number of nitrogens with one attached hydrogen (secondary N) is 1. The van der Waals surface area contributed by atoms with Crippen molar-refractivity contribution in [1.82, 2.24) is 15.1 Å². The summed E-state index contributed by atoms with van der Waals surface area (Å²) in [7, 11) is 1.62. The molecule has 5 rings (SSSR count). The van der Waals surface area contributed by atoms with Gasteiger partial charge in [0.15, 0.2) is 11.5 Å². The molecule has 0 aliphatic carbocycles. The number of carbonyl (C=O) groups excluding carboxylic acids is 1. The number of hydrogen-bond donors (Lipinski definition) is 1. The van der Waals surface area contributed by atoms with Gasteiger partial charge in [0.2, 0.25) is 0 Å². The number of nitrogens with zero attached hydrogens (tertiary/aromatic N) is 2. The lowest BCUT2D eigenvalue weighted by Crippen LogP contribution is -2.29. The Morgan fingerprint density at radius 3 is 2.50 bits per heavy atom. The lowest BCUT2D eigenvalue weighted by atomic mass is 9.95. The number of aromatic nitrogens is 2. The molecule has 1 N–H and O–H groups in total. The molecule has 2 heterocycles. The van der Waals surface area contributed by atoms with Crippen molar-refractivity contribution in [2.75, 3.05) is 13.7 Å². The largest absolute Gasteiger partial charge is 0.493 e. The van der Waals surface area contributed by atoms with Crippen LogP contribution in [0.25, 0.3) is 11.3 Å². The molecule has 0 saturated heterocycles. The van der Waals surface area contributed by atoms with E-state index >= 15 is 0 Å². The summed E-state index contributed by atoms with van der Waals surface area (Å²) in [6, 6.07) is 22.9. The Morgan fingerprint density at radius 2 is 1.79 bits per heavy atom. The van der Waals surface area contributed by atoms with E-state index in [9.17, 15) is 4.79 Å². The van der Waals surface area contributed by atoms with Gasteiger partial charge in [0.25, 0.3) is 5.91 Å². The number of benzene rings is 3. The molecule has 1 aliphatic heterocycles. The van der Waals surface area contributed by atoms with E-state index in [1.165, 1.54) is 0 Å². The second-order valence-electron chi connectivity index (χ2n) is 8.03. The molecule has 4 aromatic rings. The minimum atomic E-state index is -0.350. The van der Waals surface area contributed by atoms with Gasteiger partial charge in [-0.15, -0.1) is 0 Å². The quantitative estimate of drug-likeness (QED) is 0.364. The molecule has 1 aromatic heterocycles. The van der Waals surface area contributed by atoms with E-state index in [1.807, 2.05) is 84.6 Å². The van der Waals surface area contributed by atoms with Crippen molar-refractivity contribution in [3.05, 3.63) is 100 Å². The van der Waals surface area contributed by atoms with Crippen LogP contribution in [0, 0.1) is 0 Å². The van der Waals surface area contributed by atoms with Crippen molar-refractivity contribution in [2.24, 2.45) is 0 Å². The van der Waals surface area contributed by atoms with Gasteiger partial charge in [-0.05, 0) is 42.3 Å². The molecule has 0 fully saturated rings. The van der Waals surface area contributed by atoms with Crippen LogP contribution in [0.1, 0.15) is 40.1 Å². The predicted octanol–water partition coefficient (Wildman–Crippen LogP) is 5.88. The van der Waals surface area contributed by atoms with Crippen molar-refractivity contribution in [2.45, 2.75) is 19.5 Å². The molecule has 0 radical (unpaired) electrons. The molecular weight excluding hydrogens is 450 g/mol. The van der Waals surface area contributed by atoms with Crippen LogP contribution in [0.5, 0.6) is 11.5 Å². The minimum Gasteiger partial charge on any atom is -0.493 e. The third kappa shape index (κ3) is 3.90.